The first-order valence-electron chi connectivity index (χ1n) is 19.4. The quantitative estimate of drug-likeness (QED) is 0.0237. The summed E-state index contributed by atoms with van der Waals surface area (Å²) in [4.78, 5) is 108. The molecule has 23 nitrogen and oxygen atoms in total. The molecule has 15 N–H and O–H groups in total. The van der Waals surface area contributed by atoms with E-state index in [1.807, 2.05) is 0 Å². The number of carboxylic acid groups (broad SMARTS) is 2. The third kappa shape index (κ3) is 24.8. The van der Waals surface area contributed by atoms with Gasteiger partial charge in [-0.05, 0) is 49.5 Å². The van der Waals surface area contributed by atoms with E-state index in [9.17, 15) is 38.7 Å². The van der Waals surface area contributed by atoms with E-state index in [0.29, 0.717) is 5.56 Å². The monoisotopic (exact) mass is 865 g/mol. The zero-order chi connectivity index (χ0) is 46.7. The van der Waals surface area contributed by atoms with Crippen molar-refractivity contribution in [3.63, 3.8) is 0 Å². The molecule has 61 heavy (non-hydrogen) atoms. The van der Waals surface area contributed by atoms with Crippen molar-refractivity contribution in [1.29, 1.82) is 0 Å². The Bertz CT molecular complexity index is 1650. The SMILES string of the molecule is CC(=O)O.COC(=O)[C@@H](NC(=O)[C@@H](NC(=O)[C@H](CCC(=O)O)NC(=O)[C@H](CCCN=C(N)N)NC(=O)[C@H](CCCN=C(N)N)NC(=O)OCc1ccccc1)C(C)C)C(C)C. The lowest BCUT2D eigenvalue weighted by molar-refractivity contribution is -0.147. The molecule has 1 rings (SSSR count). The van der Waals surface area contributed by atoms with E-state index in [-0.39, 0.29) is 63.2 Å². The smallest absolute Gasteiger partial charge is 0.408 e. The van der Waals surface area contributed by atoms with Gasteiger partial charge in [0.05, 0.1) is 7.11 Å². The third-order valence-electron chi connectivity index (χ3n) is 8.29. The van der Waals surface area contributed by atoms with Crippen LogP contribution in [0.1, 0.15) is 78.7 Å². The number of carbonyl (C=O) groups is 8. The Labute approximate surface area is 354 Å². The highest BCUT2D eigenvalue weighted by molar-refractivity contribution is 5.96. The molecule has 342 valence electrons. The maximum atomic E-state index is 13.9. The van der Waals surface area contributed by atoms with Gasteiger partial charge in [0.1, 0.15) is 36.8 Å². The van der Waals surface area contributed by atoms with Crippen LogP contribution in [-0.2, 0) is 49.6 Å². The van der Waals surface area contributed by atoms with E-state index < -0.39 is 96.6 Å². The number of hydrogen-bond donors (Lipinski definition) is 11. The summed E-state index contributed by atoms with van der Waals surface area (Å²) in [6.07, 6.45) is -1.53. The first-order chi connectivity index (χ1) is 28.6. The van der Waals surface area contributed by atoms with Gasteiger partial charge in [0.25, 0.3) is 5.97 Å². The molecule has 0 radical (unpaired) electrons. The summed E-state index contributed by atoms with van der Waals surface area (Å²) >= 11 is 0. The van der Waals surface area contributed by atoms with Crippen LogP contribution in [0.4, 0.5) is 4.79 Å². The Balaban J connectivity index is 0.00000858. The van der Waals surface area contributed by atoms with Crippen molar-refractivity contribution >= 4 is 59.5 Å². The van der Waals surface area contributed by atoms with E-state index in [4.69, 9.17) is 42.3 Å². The number of nitrogens with one attached hydrogen (secondary N) is 5. The first-order valence-corrected chi connectivity index (χ1v) is 19.4. The van der Waals surface area contributed by atoms with Gasteiger partial charge in [-0.2, -0.15) is 0 Å². The number of amides is 5. The van der Waals surface area contributed by atoms with Crippen molar-refractivity contribution in [1.82, 2.24) is 26.6 Å². The molecular formula is C38H63N11O12. The summed E-state index contributed by atoms with van der Waals surface area (Å²) in [6.45, 7) is 7.83. The van der Waals surface area contributed by atoms with Crippen LogP contribution in [-0.4, -0.2) is 120 Å². The molecule has 0 heterocycles. The van der Waals surface area contributed by atoms with Crippen LogP contribution in [0.15, 0.2) is 40.3 Å². The highest BCUT2D eigenvalue weighted by Gasteiger charge is 2.34. The number of carboxylic acids is 2. The molecule has 0 aliphatic rings. The number of rotatable bonds is 25. The van der Waals surface area contributed by atoms with Gasteiger partial charge in [-0.1, -0.05) is 58.0 Å². The molecule has 0 aliphatic carbocycles. The van der Waals surface area contributed by atoms with Gasteiger partial charge in [0.2, 0.25) is 23.6 Å². The number of aliphatic carboxylic acids is 2. The standard InChI is InChI=1S/C36H59N11O10.C2H4O2/c1-20(2)27(32(53)47-28(21(3)4)33(54)56-5)46-31(52)25(15-16-26(48)49)44-29(50)23(13-9-17-41-34(37)38)43-30(51)24(14-10-18-42-35(39)40)45-36(55)57-19-22-11-7-6-8-12-22;1-2(3)4/h6-8,11-12,20-21,23-25,27-28H,9-10,13-19H2,1-5H3,(H,43,51)(H,44,50)(H,45,55)(H,46,52)(H,47,53)(H,48,49)(H4,37,38,41)(H4,39,40,42);1H3,(H,3,4)/t23-,24-,25-,27-,28-;/m0./s1. The van der Waals surface area contributed by atoms with E-state index in [1.54, 1.807) is 58.0 Å². The van der Waals surface area contributed by atoms with Crippen molar-refractivity contribution in [2.75, 3.05) is 20.2 Å². The molecule has 0 saturated carbocycles. The Morgan fingerprint density at radius 2 is 1.07 bits per heavy atom. The van der Waals surface area contributed by atoms with Gasteiger partial charge in [-0.25, -0.2) is 9.59 Å². The predicted octanol–water partition coefficient (Wildman–Crippen LogP) is -1.23. The molecule has 5 amide bonds. The van der Waals surface area contributed by atoms with Crippen molar-refractivity contribution in [3.8, 4) is 0 Å². The molecule has 0 fully saturated rings. The lowest BCUT2D eigenvalue weighted by Gasteiger charge is -2.28. The average molecular weight is 866 g/mol. The normalized spacial score (nSPS) is 12.9. The summed E-state index contributed by atoms with van der Waals surface area (Å²) in [5.41, 5.74) is 22.4. The minimum atomic E-state index is -1.50. The van der Waals surface area contributed by atoms with Gasteiger partial charge in [0.15, 0.2) is 11.9 Å². The number of aliphatic imine (C=N–C) groups is 2. The Morgan fingerprint density at radius 3 is 1.49 bits per heavy atom. The van der Waals surface area contributed by atoms with Crippen LogP contribution >= 0.6 is 0 Å². The zero-order valence-corrected chi connectivity index (χ0v) is 35.5. The van der Waals surface area contributed by atoms with Crippen molar-refractivity contribution in [2.24, 2.45) is 44.8 Å². The second-order valence-electron chi connectivity index (χ2n) is 14.2. The molecule has 0 saturated heterocycles. The van der Waals surface area contributed by atoms with Crippen molar-refractivity contribution < 1.29 is 58.0 Å². The number of alkyl carbamates (subject to hydrolysis) is 1. The largest absolute Gasteiger partial charge is 0.481 e. The number of esters is 1. The molecule has 1 aromatic rings. The number of benzene rings is 1. The minimum absolute atomic E-state index is 0.0152. The molecule has 0 aromatic heterocycles. The van der Waals surface area contributed by atoms with Crippen molar-refractivity contribution in [3.05, 3.63) is 35.9 Å². The molecule has 0 aliphatic heterocycles. The Hall–Kier alpha value is -6.68. The van der Waals surface area contributed by atoms with Gasteiger partial charge < -0.3 is 69.2 Å². The lowest BCUT2D eigenvalue weighted by atomic mass is 9.99. The van der Waals surface area contributed by atoms with Crippen LogP contribution < -0.4 is 49.5 Å². The van der Waals surface area contributed by atoms with Crippen LogP contribution in [0.5, 0.6) is 0 Å². The topological polar surface area (TPSA) is 384 Å². The number of hydrogen-bond acceptors (Lipinski definition) is 12. The van der Waals surface area contributed by atoms with Gasteiger partial charge in [-0.3, -0.25) is 38.8 Å². The number of carbonyl (C=O) groups excluding carboxylic acids is 6. The van der Waals surface area contributed by atoms with Crippen molar-refractivity contribution in [2.45, 2.75) is 110 Å². The van der Waals surface area contributed by atoms with E-state index in [1.165, 1.54) is 7.11 Å². The second-order valence-corrected chi connectivity index (χ2v) is 14.2. The fraction of sp³-hybridized carbons (Fsp3) is 0.579. The van der Waals surface area contributed by atoms with Crippen LogP contribution in [0, 0.1) is 11.8 Å². The maximum absolute atomic E-state index is 13.9. The Kier molecular flexibility index (Phi) is 26.3. The molecule has 0 spiro atoms. The summed E-state index contributed by atoms with van der Waals surface area (Å²) in [6, 6.07) is 2.47. The first kappa shape index (κ1) is 54.3. The molecule has 23 heteroatoms. The van der Waals surface area contributed by atoms with E-state index >= 15 is 0 Å². The molecule has 1 aromatic carbocycles. The molecular weight excluding hydrogens is 802 g/mol. The van der Waals surface area contributed by atoms with Crippen LogP contribution in [0.3, 0.4) is 0 Å². The molecule has 0 bridgehead atoms. The van der Waals surface area contributed by atoms with Gasteiger partial charge >= 0.3 is 18.0 Å². The number of ether oxygens (including phenoxy) is 2. The summed E-state index contributed by atoms with van der Waals surface area (Å²) in [5, 5.41) is 29.6. The number of guanidine groups is 2. The highest BCUT2D eigenvalue weighted by atomic mass is 16.5. The highest BCUT2D eigenvalue weighted by Crippen LogP contribution is 2.11. The predicted molar refractivity (Wildman–Crippen MR) is 223 cm³/mol. The van der Waals surface area contributed by atoms with Gasteiger partial charge in [0, 0.05) is 26.4 Å². The number of nitrogens with two attached hydrogens (primary N) is 4. The Morgan fingerprint density at radius 1 is 0.639 bits per heavy atom. The third-order valence-corrected chi connectivity index (χ3v) is 8.29. The van der Waals surface area contributed by atoms with Gasteiger partial charge in [-0.15, -0.1) is 0 Å². The van der Waals surface area contributed by atoms with Crippen LogP contribution in [0.25, 0.3) is 0 Å². The summed E-state index contributed by atoms with van der Waals surface area (Å²) in [5.74, 6) is -7.36. The molecule has 0 unspecified atom stereocenters. The number of nitrogens with zero attached hydrogens (tertiary/aromatic N) is 2. The second kappa shape index (κ2) is 29.5. The maximum Gasteiger partial charge on any atom is 0.408 e. The minimum Gasteiger partial charge on any atom is -0.481 e. The average Bonchev–Trinajstić information content (AvgIpc) is 3.17. The lowest BCUT2D eigenvalue weighted by Crippen LogP contribution is -2.60. The number of methoxy groups -OCH3 is 1. The molecule has 5 atom stereocenters. The van der Waals surface area contributed by atoms with E-state index in [0.717, 1.165) is 6.92 Å². The fourth-order valence-corrected chi connectivity index (χ4v) is 5.19. The summed E-state index contributed by atoms with van der Waals surface area (Å²) < 4.78 is 10.1. The summed E-state index contributed by atoms with van der Waals surface area (Å²) in [7, 11) is 1.17. The van der Waals surface area contributed by atoms with Crippen LogP contribution in [0.2, 0.25) is 0 Å². The fourth-order valence-electron chi connectivity index (χ4n) is 5.19. The zero-order valence-electron chi connectivity index (χ0n) is 35.5. The van der Waals surface area contributed by atoms with E-state index in [2.05, 4.69) is 36.6 Å².